The Kier molecular flexibility index (Phi) is 6.09. The summed E-state index contributed by atoms with van der Waals surface area (Å²) in [6.07, 6.45) is 8.20. The average Bonchev–Trinajstić information content (AvgIpc) is 2.64. The fourth-order valence-electron chi connectivity index (χ4n) is 3.46. The van der Waals surface area contributed by atoms with Gasteiger partial charge >= 0.3 is 0 Å². The highest BCUT2D eigenvalue weighted by Gasteiger charge is 2.23. The predicted molar refractivity (Wildman–Crippen MR) is 87.8 cm³/mol. The van der Waals surface area contributed by atoms with Crippen molar-refractivity contribution in [3.05, 3.63) is 35.9 Å². The van der Waals surface area contributed by atoms with Crippen LogP contribution in [0.5, 0.6) is 0 Å². The topological polar surface area (TPSA) is 12.0 Å². The molecule has 1 aliphatic rings. The van der Waals surface area contributed by atoms with Gasteiger partial charge in [-0.2, -0.15) is 0 Å². The number of hydrogen-bond acceptors (Lipinski definition) is 1. The average molecular weight is 273 g/mol. The van der Waals surface area contributed by atoms with Gasteiger partial charge in [0.05, 0.1) is 0 Å². The van der Waals surface area contributed by atoms with E-state index in [9.17, 15) is 0 Å². The summed E-state index contributed by atoms with van der Waals surface area (Å²) in [4.78, 5) is 0. The summed E-state index contributed by atoms with van der Waals surface area (Å²) in [5.74, 6) is 1.55. The van der Waals surface area contributed by atoms with Crippen molar-refractivity contribution >= 4 is 0 Å². The van der Waals surface area contributed by atoms with Gasteiger partial charge in [0.25, 0.3) is 0 Å². The Morgan fingerprint density at radius 2 is 1.75 bits per heavy atom. The molecule has 1 aromatic carbocycles. The third-order valence-corrected chi connectivity index (χ3v) is 4.69. The highest BCUT2D eigenvalue weighted by molar-refractivity contribution is 5.19. The Labute approximate surface area is 125 Å². The van der Waals surface area contributed by atoms with E-state index in [0.717, 1.165) is 11.8 Å². The van der Waals surface area contributed by atoms with E-state index in [-0.39, 0.29) is 0 Å². The molecule has 1 saturated carbocycles. The van der Waals surface area contributed by atoms with Crippen molar-refractivity contribution in [2.24, 2.45) is 11.8 Å². The summed E-state index contributed by atoms with van der Waals surface area (Å²) in [6, 6.07) is 12.2. The van der Waals surface area contributed by atoms with Crippen LogP contribution < -0.4 is 5.32 Å². The van der Waals surface area contributed by atoms with Crippen LogP contribution >= 0.6 is 0 Å². The second-order valence-electron chi connectivity index (χ2n) is 6.98. The van der Waals surface area contributed by atoms with Crippen molar-refractivity contribution in [3.63, 3.8) is 0 Å². The predicted octanol–water partition coefficient (Wildman–Crippen LogP) is 5.33. The molecule has 1 nitrogen and oxygen atoms in total. The van der Waals surface area contributed by atoms with Crippen LogP contribution in [-0.2, 0) is 0 Å². The first-order valence-corrected chi connectivity index (χ1v) is 8.48. The van der Waals surface area contributed by atoms with Crippen LogP contribution in [0.25, 0.3) is 0 Å². The largest absolute Gasteiger partial charge is 0.307 e. The summed E-state index contributed by atoms with van der Waals surface area (Å²) in [5, 5.41) is 3.99. The first kappa shape index (κ1) is 15.6. The van der Waals surface area contributed by atoms with Crippen molar-refractivity contribution in [1.29, 1.82) is 0 Å². The molecule has 0 bridgehead atoms. The quantitative estimate of drug-likeness (QED) is 0.715. The molecule has 2 rings (SSSR count). The molecule has 0 saturated heterocycles. The zero-order valence-corrected chi connectivity index (χ0v) is 13.4. The molecule has 0 radical (unpaired) electrons. The van der Waals surface area contributed by atoms with E-state index in [4.69, 9.17) is 0 Å². The van der Waals surface area contributed by atoms with Gasteiger partial charge in [-0.05, 0) is 36.7 Å². The third kappa shape index (κ3) is 4.63. The molecule has 1 aliphatic carbocycles. The molecule has 1 aromatic rings. The lowest BCUT2D eigenvalue weighted by Gasteiger charge is -2.30. The van der Waals surface area contributed by atoms with Gasteiger partial charge in [0.2, 0.25) is 0 Å². The van der Waals surface area contributed by atoms with Gasteiger partial charge in [0, 0.05) is 12.1 Å². The summed E-state index contributed by atoms with van der Waals surface area (Å²) in [6.45, 7) is 7.09. The Morgan fingerprint density at radius 3 is 2.45 bits per heavy atom. The molecule has 0 amide bonds. The smallest absolute Gasteiger partial charge is 0.0325 e. The van der Waals surface area contributed by atoms with Gasteiger partial charge in [0.15, 0.2) is 0 Å². The Hall–Kier alpha value is -0.820. The van der Waals surface area contributed by atoms with Crippen molar-refractivity contribution in [1.82, 2.24) is 5.32 Å². The third-order valence-electron chi connectivity index (χ3n) is 4.69. The van der Waals surface area contributed by atoms with E-state index < -0.39 is 0 Å². The van der Waals surface area contributed by atoms with Crippen LogP contribution in [0, 0.1) is 11.8 Å². The number of rotatable bonds is 5. The van der Waals surface area contributed by atoms with Crippen molar-refractivity contribution in [3.8, 4) is 0 Å². The van der Waals surface area contributed by atoms with Gasteiger partial charge in [0.1, 0.15) is 0 Å². The first-order chi connectivity index (χ1) is 9.66. The van der Waals surface area contributed by atoms with Crippen LogP contribution in [0.4, 0.5) is 0 Å². The second kappa shape index (κ2) is 7.83. The Balaban J connectivity index is 2.06. The minimum atomic E-state index is 0.516. The van der Waals surface area contributed by atoms with E-state index in [2.05, 4.69) is 56.4 Å². The van der Waals surface area contributed by atoms with E-state index in [0.29, 0.717) is 12.1 Å². The van der Waals surface area contributed by atoms with Crippen molar-refractivity contribution < 1.29 is 0 Å². The van der Waals surface area contributed by atoms with Crippen molar-refractivity contribution in [2.45, 2.75) is 71.4 Å². The normalized spacial score (nSPS) is 25.4. The number of benzene rings is 1. The molecule has 3 atom stereocenters. The second-order valence-corrected chi connectivity index (χ2v) is 6.98. The summed E-state index contributed by atoms with van der Waals surface area (Å²) < 4.78 is 0. The molecule has 1 N–H and O–H groups in total. The molecule has 1 heteroatoms. The molecular weight excluding hydrogens is 242 g/mol. The van der Waals surface area contributed by atoms with E-state index in [1.165, 1.54) is 44.1 Å². The van der Waals surface area contributed by atoms with E-state index in [1.54, 1.807) is 0 Å². The summed E-state index contributed by atoms with van der Waals surface area (Å²) >= 11 is 0. The highest BCUT2D eigenvalue weighted by atomic mass is 15.0. The summed E-state index contributed by atoms with van der Waals surface area (Å²) in [5.41, 5.74) is 1.46. The standard InChI is InChI=1S/C19H31N/c1-15(2)14-19(17-11-7-5-8-12-17)20-18-13-9-4-6-10-16(18)3/h5,7-8,11-12,15-16,18-20H,4,6,9-10,13-14H2,1-3H3. The SMILES string of the molecule is CC(C)CC(NC1CCCCCC1C)c1ccccc1. The van der Waals surface area contributed by atoms with Crippen LogP contribution in [0.15, 0.2) is 30.3 Å². The molecule has 1 fully saturated rings. The van der Waals surface area contributed by atoms with Crippen LogP contribution in [0.3, 0.4) is 0 Å². The van der Waals surface area contributed by atoms with E-state index in [1.807, 2.05) is 0 Å². The van der Waals surface area contributed by atoms with Gasteiger partial charge in [-0.1, -0.05) is 70.4 Å². The fraction of sp³-hybridized carbons (Fsp3) is 0.684. The monoisotopic (exact) mass is 273 g/mol. The molecule has 0 aromatic heterocycles. The molecule has 0 spiro atoms. The summed E-state index contributed by atoms with van der Waals surface area (Å²) in [7, 11) is 0. The maximum absolute atomic E-state index is 3.99. The molecule has 3 unspecified atom stereocenters. The maximum Gasteiger partial charge on any atom is 0.0325 e. The molecule has 20 heavy (non-hydrogen) atoms. The lowest BCUT2D eigenvalue weighted by Crippen LogP contribution is -2.37. The number of hydrogen-bond donors (Lipinski definition) is 1. The lowest BCUT2D eigenvalue weighted by molar-refractivity contribution is 0.299. The maximum atomic E-state index is 3.99. The first-order valence-electron chi connectivity index (χ1n) is 8.48. The fourth-order valence-corrected chi connectivity index (χ4v) is 3.46. The van der Waals surface area contributed by atoms with Gasteiger partial charge in [-0.3, -0.25) is 0 Å². The zero-order valence-electron chi connectivity index (χ0n) is 13.4. The van der Waals surface area contributed by atoms with Gasteiger partial charge in [-0.15, -0.1) is 0 Å². The van der Waals surface area contributed by atoms with Crippen LogP contribution in [-0.4, -0.2) is 6.04 Å². The minimum absolute atomic E-state index is 0.516. The zero-order chi connectivity index (χ0) is 14.4. The van der Waals surface area contributed by atoms with Gasteiger partial charge in [-0.25, -0.2) is 0 Å². The van der Waals surface area contributed by atoms with Gasteiger partial charge < -0.3 is 5.32 Å². The minimum Gasteiger partial charge on any atom is -0.307 e. The lowest BCUT2D eigenvalue weighted by atomic mass is 9.92. The number of nitrogens with one attached hydrogen (secondary N) is 1. The van der Waals surface area contributed by atoms with Crippen LogP contribution in [0.1, 0.15) is 70.9 Å². The Bertz CT molecular complexity index is 371. The van der Waals surface area contributed by atoms with E-state index >= 15 is 0 Å². The molecule has 0 aliphatic heterocycles. The molecule has 0 heterocycles. The molecular formula is C19H31N. The highest BCUT2D eigenvalue weighted by Crippen LogP contribution is 2.28. The molecule has 112 valence electrons. The van der Waals surface area contributed by atoms with Crippen molar-refractivity contribution in [2.75, 3.05) is 0 Å². The Morgan fingerprint density at radius 1 is 1.05 bits per heavy atom. The van der Waals surface area contributed by atoms with Crippen LogP contribution in [0.2, 0.25) is 0 Å².